The number of carbonyl (C=O) groups is 2. The van der Waals surface area contributed by atoms with Gasteiger partial charge in [0, 0.05) is 18.4 Å². The van der Waals surface area contributed by atoms with Crippen molar-refractivity contribution in [1.29, 1.82) is 0 Å². The molecule has 17 heavy (non-hydrogen) atoms. The molecule has 0 bridgehead atoms. The number of hydrogen-bond donors (Lipinski definition) is 0. The monoisotopic (exact) mass is 237 g/mol. The zero-order chi connectivity index (χ0) is 12.5. The second-order valence-electron chi connectivity index (χ2n) is 6.19. The number of Topliss-reactive ketones (excluding diaryl/α,β-unsaturated/α-hetero) is 1. The fourth-order valence-electron chi connectivity index (χ4n) is 3.05. The van der Waals surface area contributed by atoms with Crippen molar-refractivity contribution in [2.75, 3.05) is 6.54 Å². The van der Waals surface area contributed by atoms with Crippen molar-refractivity contribution in [2.45, 2.75) is 64.3 Å². The van der Waals surface area contributed by atoms with Gasteiger partial charge in [-0.15, -0.1) is 0 Å². The number of amides is 1. The van der Waals surface area contributed by atoms with Crippen LogP contribution < -0.4 is 0 Å². The highest BCUT2D eigenvalue weighted by atomic mass is 16.2. The van der Waals surface area contributed by atoms with E-state index in [-0.39, 0.29) is 17.2 Å². The minimum absolute atomic E-state index is 0.135. The first kappa shape index (κ1) is 12.6. The van der Waals surface area contributed by atoms with E-state index in [2.05, 4.69) is 13.8 Å². The molecule has 0 aromatic rings. The van der Waals surface area contributed by atoms with Crippen LogP contribution in [0, 0.1) is 5.92 Å². The Morgan fingerprint density at radius 2 is 2.00 bits per heavy atom. The van der Waals surface area contributed by atoms with Gasteiger partial charge in [0.25, 0.3) is 0 Å². The van der Waals surface area contributed by atoms with Crippen molar-refractivity contribution < 1.29 is 9.59 Å². The van der Waals surface area contributed by atoms with Crippen LogP contribution in [0.25, 0.3) is 0 Å². The van der Waals surface area contributed by atoms with Crippen molar-refractivity contribution in [1.82, 2.24) is 4.90 Å². The zero-order valence-electron chi connectivity index (χ0n) is 11.0. The van der Waals surface area contributed by atoms with Crippen molar-refractivity contribution >= 4 is 11.7 Å². The van der Waals surface area contributed by atoms with Gasteiger partial charge < -0.3 is 4.90 Å². The number of rotatable bonds is 2. The first-order valence-electron chi connectivity index (χ1n) is 6.81. The third-order valence-electron chi connectivity index (χ3n) is 4.32. The van der Waals surface area contributed by atoms with E-state index in [1.54, 1.807) is 0 Å². The minimum Gasteiger partial charge on any atom is -0.330 e. The lowest BCUT2D eigenvalue weighted by Crippen LogP contribution is -2.53. The SMILES string of the molecule is CC1(C)CCC(=O)CN1C(=O)CC1CCCC1. The van der Waals surface area contributed by atoms with Gasteiger partial charge in [0.05, 0.1) is 6.54 Å². The number of piperidine rings is 1. The fraction of sp³-hybridized carbons (Fsp3) is 0.857. The summed E-state index contributed by atoms with van der Waals surface area (Å²) in [4.78, 5) is 25.6. The smallest absolute Gasteiger partial charge is 0.223 e. The summed E-state index contributed by atoms with van der Waals surface area (Å²) in [6, 6.07) is 0. The Morgan fingerprint density at radius 1 is 1.35 bits per heavy atom. The van der Waals surface area contributed by atoms with Gasteiger partial charge in [-0.2, -0.15) is 0 Å². The lowest BCUT2D eigenvalue weighted by Gasteiger charge is -2.42. The van der Waals surface area contributed by atoms with Gasteiger partial charge in [-0.05, 0) is 39.0 Å². The molecule has 1 aliphatic carbocycles. The number of carbonyl (C=O) groups excluding carboxylic acids is 2. The number of nitrogens with zero attached hydrogens (tertiary/aromatic N) is 1. The molecule has 2 aliphatic rings. The van der Waals surface area contributed by atoms with Crippen LogP contribution in [0.4, 0.5) is 0 Å². The maximum atomic E-state index is 12.3. The van der Waals surface area contributed by atoms with Crippen molar-refractivity contribution in [3.63, 3.8) is 0 Å². The van der Waals surface area contributed by atoms with Gasteiger partial charge in [0.2, 0.25) is 5.91 Å². The molecule has 0 N–H and O–H groups in total. The molecule has 3 heteroatoms. The Labute approximate surface area is 104 Å². The Hall–Kier alpha value is -0.860. The summed E-state index contributed by atoms with van der Waals surface area (Å²) in [6.45, 7) is 4.48. The predicted octanol–water partition coefficient (Wildman–Crippen LogP) is 2.54. The van der Waals surface area contributed by atoms with E-state index in [1.165, 1.54) is 25.7 Å². The van der Waals surface area contributed by atoms with Crippen LogP contribution in [0.2, 0.25) is 0 Å². The van der Waals surface area contributed by atoms with Gasteiger partial charge in [-0.1, -0.05) is 12.8 Å². The highest BCUT2D eigenvalue weighted by Crippen LogP contribution is 2.31. The number of hydrogen-bond acceptors (Lipinski definition) is 2. The summed E-state index contributed by atoms with van der Waals surface area (Å²) in [5, 5.41) is 0. The lowest BCUT2D eigenvalue weighted by atomic mass is 9.88. The van der Waals surface area contributed by atoms with Crippen molar-refractivity contribution in [2.24, 2.45) is 5.92 Å². The molecule has 0 atom stereocenters. The van der Waals surface area contributed by atoms with E-state index >= 15 is 0 Å². The highest BCUT2D eigenvalue weighted by molar-refractivity contribution is 5.88. The van der Waals surface area contributed by atoms with E-state index in [9.17, 15) is 9.59 Å². The van der Waals surface area contributed by atoms with E-state index < -0.39 is 0 Å². The van der Waals surface area contributed by atoms with Crippen LogP contribution in [0.15, 0.2) is 0 Å². The molecule has 0 spiro atoms. The molecule has 1 amide bonds. The van der Waals surface area contributed by atoms with Crippen molar-refractivity contribution in [3.8, 4) is 0 Å². The summed E-state index contributed by atoms with van der Waals surface area (Å²) < 4.78 is 0. The van der Waals surface area contributed by atoms with Gasteiger partial charge in [-0.3, -0.25) is 9.59 Å². The molecule has 0 radical (unpaired) electrons. The minimum atomic E-state index is -0.135. The third-order valence-corrected chi connectivity index (χ3v) is 4.32. The molecular formula is C14H23NO2. The average molecular weight is 237 g/mol. The molecular weight excluding hydrogens is 214 g/mol. The topological polar surface area (TPSA) is 37.4 Å². The van der Waals surface area contributed by atoms with Crippen LogP contribution in [0.3, 0.4) is 0 Å². The van der Waals surface area contributed by atoms with Crippen molar-refractivity contribution in [3.05, 3.63) is 0 Å². The Bertz CT molecular complexity index is 316. The molecule has 1 saturated heterocycles. The molecule has 1 saturated carbocycles. The highest BCUT2D eigenvalue weighted by Gasteiger charge is 2.37. The van der Waals surface area contributed by atoms with Crippen LogP contribution >= 0.6 is 0 Å². The molecule has 2 fully saturated rings. The summed E-state index contributed by atoms with van der Waals surface area (Å²) in [6.07, 6.45) is 6.99. The van der Waals surface area contributed by atoms with Crippen LogP contribution in [0.1, 0.15) is 58.8 Å². The van der Waals surface area contributed by atoms with Crippen LogP contribution in [0.5, 0.6) is 0 Å². The standard InChI is InChI=1S/C14H23NO2/c1-14(2)8-7-12(16)10-15(14)13(17)9-11-5-3-4-6-11/h11H,3-10H2,1-2H3. The average Bonchev–Trinajstić information content (AvgIpc) is 2.74. The van der Waals surface area contributed by atoms with E-state index in [0.717, 1.165) is 6.42 Å². The molecule has 0 aromatic heterocycles. The molecule has 0 aromatic carbocycles. The Balaban J connectivity index is 1.98. The number of ketones is 1. The lowest BCUT2D eigenvalue weighted by molar-refractivity contribution is -0.145. The zero-order valence-corrected chi connectivity index (χ0v) is 11.0. The van der Waals surface area contributed by atoms with Crippen LogP contribution in [-0.2, 0) is 9.59 Å². The molecule has 96 valence electrons. The number of likely N-dealkylation sites (tertiary alicyclic amines) is 1. The second kappa shape index (κ2) is 4.79. The van der Waals surface area contributed by atoms with Crippen LogP contribution in [-0.4, -0.2) is 28.7 Å². The molecule has 1 aliphatic heterocycles. The van der Waals surface area contributed by atoms with Gasteiger partial charge in [-0.25, -0.2) is 0 Å². The molecule has 2 rings (SSSR count). The molecule has 3 nitrogen and oxygen atoms in total. The normalized spacial score (nSPS) is 25.3. The van der Waals surface area contributed by atoms with Gasteiger partial charge in [0.1, 0.15) is 0 Å². The van der Waals surface area contributed by atoms with E-state index in [1.807, 2.05) is 4.90 Å². The maximum Gasteiger partial charge on any atom is 0.223 e. The summed E-state index contributed by atoms with van der Waals surface area (Å²) in [7, 11) is 0. The quantitative estimate of drug-likeness (QED) is 0.740. The second-order valence-corrected chi connectivity index (χ2v) is 6.19. The summed E-state index contributed by atoms with van der Waals surface area (Å²) in [5.74, 6) is 0.967. The Kier molecular flexibility index (Phi) is 3.55. The maximum absolute atomic E-state index is 12.3. The summed E-state index contributed by atoms with van der Waals surface area (Å²) >= 11 is 0. The fourth-order valence-corrected chi connectivity index (χ4v) is 3.05. The predicted molar refractivity (Wildman–Crippen MR) is 66.6 cm³/mol. The largest absolute Gasteiger partial charge is 0.330 e. The third kappa shape index (κ3) is 2.88. The Morgan fingerprint density at radius 3 is 2.65 bits per heavy atom. The van der Waals surface area contributed by atoms with E-state index in [4.69, 9.17) is 0 Å². The van der Waals surface area contributed by atoms with E-state index in [0.29, 0.717) is 25.3 Å². The molecule has 1 heterocycles. The van der Waals surface area contributed by atoms with Gasteiger partial charge in [0.15, 0.2) is 5.78 Å². The molecule has 0 unspecified atom stereocenters. The first-order valence-corrected chi connectivity index (χ1v) is 6.81. The summed E-state index contributed by atoms with van der Waals surface area (Å²) in [5.41, 5.74) is -0.135. The first-order chi connectivity index (χ1) is 7.99. The van der Waals surface area contributed by atoms with Gasteiger partial charge >= 0.3 is 0 Å².